The number of rotatable bonds is 10. The summed E-state index contributed by atoms with van der Waals surface area (Å²) in [6, 6.07) is 0. The highest BCUT2D eigenvalue weighted by Gasteiger charge is 2.06. The third kappa shape index (κ3) is 11.2. The van der Waals surface area contributed by atoms with Gasteiger partial charge in [0.05, 0.1) is 13.2 Å². The molecule has 0 unspecified atom stereocenters. The van der Waals surface area contributed by atoms with Gasteiger partial charge in [0.1, 0.15) is 0 Å². The summed E-state index contributed by atoms with van der Waals surface area (Å²) in [5.41, 5.74) is 0. The molecule has 0 rings (SSSR count). The number of hydrogen-bond donors (Lipinski definition) is 0. The second-order valence-electron chi connectivity index (χ2n) is 3.94. The molecule has 0 aliphatic heterocycles. The minimum Gasteiger partial charge on any atom is -0.466 e. The number of unbranched alkanes of at least 4 members (excludes halogenated alkanes) is 3. The predicted octanol–water partition coefficient (Wildman–Crippen LogP) is 2.84. The molecule has 0 heterocycles. The van der Waals surface area contributed by atoms with Crippen LogP contribution in [0.2, 0.25) is 0 Å². The molecule has 0 aromatic heterocycles. The molecule has 4 heteroatoms. The van der Waals surface area contributed by atoms with E-state index in [1.165, 1.54) is 12.8 Å². The van der Waals surface area contributed by atoms with Gasteiger partial charge in [0, 0.05) is 12.8 Å². The molecule has 0 aliphatic rings. The molecule has 0 amide bonds. The topological polar surface area (TPSA) is 52.6 Å². The van der Waals surface area contributed by atoms with Crippen molar-refractivity contribution < 1.29 is 19.1 Å². The minimum absolute atomic E-state index is 0.217. The molecule has 0 aromatic carbocycles. The maximum Gasteiger partial charge on any atom is 0.305 e. The average Bonchev–Trinajstić information content (AvgIpc) is 2.29. The van der Waals surface area contributed by atoms with Gasteiger partial charge in [-0.3, -0.25) is 9.59 Å². The lowest BCUT2D eigenvalue weighted by Gasteiger charge is -2.04. The zero-order valence-electron chi connectivity index (χ0n) is 11.0. The van der Waals surface area contributed by atoms with Crippen LogP contribution in [0.4, 0.5) is 0 Å². The Labute approximate surface area is 104 Å². The Morgan fingerprint density at radius 3 is 2.06 bits per heavy atom. The first-order chi connectivity index (χ1) is 8.20. The summed E-state index contributed by atoms with van der Waals surface area (Å²) < 4.78 is 9.80. The Morgan fingerprint density at radius 1 is 0.824 bits per heavy atom. The van der Waals surface area contributed by atoms with E-state index in [1.54, 1.807) is 6.92 Å². The molecule has 100 valence electrons. The van der Waals surface area contributed by atoms with Crippen LogP contribution in [0.15, 0.2) is 0 Å². The summed E-state index contributed by atoms with van der Waals surface area (Å²) in [5.74, 6) is -0.464. The first kappa shape index (κ1) is 15.9. The van der Waals surface area contributed by atoms with Crippen molar-refractivity contribution in [3.05, 3.63) is 0 Å². The van der Waals surface area contributed by atoms with Gasteiger partial charge >= 0.3 is 11.9 Å². The third-order valence-corrected chi connectivity index (χ3v) is 2.33. The van der Waals surface area contributed by atoms with E-state index >= 15 is 0 Å². The molecule has 0 N–H and O–H groups in total. The normalized spacial score (nSPS) is 10.0. The highest BCUT2D eigenvalue weighted by molar-refractivity contribution is 5.72. The van der Waals surface area contributed by atoms with E-state index in [-0.39, 0.29) is 11.9 Å². The van der Waals surface area contributed by atoms with Crippen LogP contribution in [0, 0.1) is 0 Å². The van der Waals surface area contributed by atoms with Crippen LogP contribution in [0.25, 0.3) is 0 Å². The second-order valence-corrected chi connectivity index (χ2v) is 3.94. The molecule has 0 fully saturated rings. The predicted molar refractivity (Wildman–Crippen MR) is 65.6 cm³/mol. The lowest BCUT2D eigenvalue weighted by atomic mass is 10.2. The van der Waals surface area contributed by atoms with Crippen molar-refractivity contribution in [1.29, 1.82) is 0 Å². The Bertz CT molecular complexity index is 213. The fourth-order valence-corrected chi connectivity index (χ4v) is 1.40. The van der Waals surface area contributed by atoms with Crippen molar-refractivity contribution >= 4 is 11.9 Å². The lowest BCUT2D eigenvalue weighted by Crippen LogP contribution is -2.08. The second kappa shape index (κ2) is 11.4. The molecule has 0 spiro atoms. The third-order valence-electron chi connectivity index (χ3n) is 2.33. The smallest absolute Gasteiger partial charge is 0.305 e. The summed E-state index contributed by atoms with van der Waals surface area (Å²) in [6.07, 6.45) is 5.48. The average molecular weight is 244 g/mol. The first-order valence-electron chi connectivity index (χ1n) is 6.52. The van der Waals surface area contributed by atoms with Gasteiger partial charge in [-0.2, -0.15) is 0 Å². The Balaban J connectivity index is 3.31. The van der Waals surface area contributed by atoms with Crippen molar-refractivity contribution in [3.8, 4) is 0 Å². The lowest BCUT2D eigenvalue weighted by molar-refractivity contribution is -0.145. The van der Waals surface area contributed by atoms with E-state index < -0.39 is 0 Å². The van der Waals surface area contributed by atoms with Crippen molar-refractivity contribution in [2.75, 3.05) is 13.2 Å². The molecule has 4 nitrogen and oxygen atoms in total. The highest BCUT2D eigenvalue weighted by atomic mass is 16.5. The van der Waals surface area contributed by atoms with Gasteiger partial charge in [-0.1, -0.05) is 26.2 Å². The molecule has 0 radical (unpaired) electrons. The molecule has 17 heavy (non-hydrogen) atoms. The van der Waals surface area contributed by atoms with Crippen LogP contribution in [0.5, 0.6) is 0 Å². The van der Waals surface area contributed by atoms with Gasteiger partial charge in [-0.25, -0.2) is 0 Å². The molecule has 0 aromatic rings. The van der Waals surface area contributed by atoms with E-state index in [0.29, 0.717) is 32.5 Å². The molecule has 0 aliphatic carbocycles. The van der Waals surface area contributed by atoms with E-state index in [9.17, 15) is 9.59 Å². The first-order valence-corrected chi connectivity index (χ1v) is 6.52. The fourth-order valence-electron chi connectivity index (χ4n) is 1.40. The molecule has 0 saturated carbocycles. The van der Waals surface area contributed by atoms with E-state index in [0.717, 1.165) is 12.8 Å². The Morgan fingerprint density at radius 2 is 1.47 bits per heavy atom. The molecular weight excluding hydrogens is 220 g/mol. The van der Waals surface area contributed by atoms with E-state index in [4.69, 9.17) is 9.47 Å². The summed E-state index contributed by atoms with van der Waals surface area (Å²) in [5, 5.41) is 0. The SMILES string of the molecule is CCCCCCOC(=O)CCCC(=O)OCC. The summed E-state index contributed by atoms with van der Waals surface area (Å²) in [4.78, 5) is 22.2. The summed E-state index contributed by atoms with van der Waals surface area (Å²) in [7, 11) is 0. The van der Waals surface area contributed by atoms with Crippen LogP contribution >= 0.6 is 0 Å². The fraction of sp³-hybridized carbons (Fsp3) is 0.846. The van der Waals surface area contributed by atoms with Crippen LogP contribution in [-0.4, -0.2) is 25.2 Å². The Kier molecular flexibility index (Phi) is 10.7. The minimum atomic E-state index is -0.247. The number of carbonyl (C=O) groups is 2. The van der Waals surface area contributed by atoms with Gasteiger partial charge in [-0.05, 0) is 19.8 Å². The van der Waals surface area contributed by atoms with Crippen molar-refractivity contribution in [1.82, 2.24) is 0 Å². The van der Waals surface area contributed by atoms with Gasteiger partial charge in [0.2, 0.25) is 0 Å². The summed E-state index contributed by atoms with van der Waals surface area (Å²) in [6.45, 7) is 4.79. The van der Waals surface area contributed by atoms with Crippen molar-refractivity contribution in [2.45, 2.75) is 58.8 Å². The van der Waals surface area contributed by atoms with Crippen LogP contribution in [0.3, 0.4) is 0 Å². The van der Waals surface area contributed by atoms with Gasteiger partial charge in [0.25, 0.3) is 0 Å². The number of carbonyl (C=O) groups excluding carboxylic acids is 2. The number of ether oxygens (including phenoxy) is 2. The van der Waals surface area contributed by atoms with Crippen LogP contribution in [-0.2, 0) is 19.1 Å². The van der Waals surface area contributed by atoms with Crippen molar-refractivity contribution in [3.63, 3.8) is 0 Å². The molecule has 0 saturated heterocycles. The van der Waals surface area contributed by atoms with Gasteiger partial charge in [-0.15, -0.1) is 0 Å². The monoisotopic (exact) mass is 244 g/mol. The summed E-state index contributed by atoms with van der Waals surface area (Å²) >= 11 is 0. The number of esters is 2. The Hall–Kier alpha value is -1.06. The van der Waals surface area contributed by atoms with Crippen molar-refractivity contribution in [2.24, 2.45) is 0 Å². The van der Waals surface area contributed by atoms with Crippen LogP contribution < -0.4 is 0 Å². The van der Waals surface area contributed by atoms with E-state index in [2.05, 4.69) is 6.92 Å². The maximum atomic E-state index is 11.2. The molecular formula is C13H24O4. The number of hydrogen-bond acceptors (Lipinski definition) is 4. The standard InChI is InChI=1S/C13H24O4/c1-3-5-6-7-11-17-13(15)10-8-9-12(14)16-4-2/h3-11H2,1-2H3. The largest absolute Gasteiger partial charge is 0.466 e. The van der Waals surface area contributed by atoms with E-state index in [1.807, 2.05) is 0 Å². The van der Waals surface area contributed by atoms with Gasteiger partial charge in [0.15, 0.2) is 0 Å². The van der Waals surface area contributed by atoms with Crippen LogP contribution in [0.1, 0.15) is 58.8 Å². The zero-order valence-corrected chi connectivity index (χ0v) is 11.0. The maximum absolute atomic E-state index is 11.2. The zero-order chi connectivity index (χ0) is 12.9. The molecule has 0 atom stereocenters. The highest BCUT2D eigenvalue weighted by Crippen LogP contribution is 2.02. The molecule has 0 bridgehead atoms. The van der Waals surface area contributed by atoms with Gasteiger partial charge < -0.3 is 9.47 Å². The quantitative estimate of drug-likeness (QED) is 0.438.